The van der Waals surface area contributed by atoms with E-state index in [4.69, 9.17) is 44.6 Å². The summed E-state index contributed by atoms with van der Waals surface area (Å²) >= 11 is 0. The first kappa shape index (κ1) is 35.2. The van der Waals surface area contributed by atoms with Gasteiger partial charge in [-0.05, 0) is 65.8 Å². The number of amides is 2. The molecule has 2 aromatic carbocycles. The summed E-state index contributed by atoms with van der Waals surface area (Å²) in [5, 5.41) is 0. The number of ether oxygens (including phenoxy) is 7. The molecule has 0 bridgehead atoms. The maximum atomic E-state index is 13.9. The lowest BCUT2D eigenvalue weighted by atomic mass is 10.1. The van der Waals surface area contributed by atoms with Crippen LogP contribution in [-0.2, 0) is 23.7 Å². The van der Waals surface area contributed by atoms with Crippen LogP contribution in [0.4, 0.5) is 21.0 Å². The van der Waals surface area contributed by atoms with Gasteiger partial charge >= 0.3 is 12.2 Å². The van der Waals surface area contributed by atoms with E-state index in [-0.39, 0.29) is 24.7 Å². The number of nitrogens with zero attached hydrogens (tertiary/aromatic N) is 3. The average molecular weight is 626 g/mol. The first-order valence-corrected chi connectivity index (χ1v) is 14.4. The highest BCUT2D eigenvalue weighted by molar-refractivity contribution is 6.25. The van der Waals surface area contributed by atoms with E-state index in [0.717, 1.165) is 0 Å². The van der Waals surface area contributed by atoms with Crippen molar-refractivity contribution in [2.75, 3.05) is 57.6 Å². The van der Waals surface area contributed by atoms with Crippen molar-refractivity contribution in [2.45, 2.75) is 59.1 Å². The van der Waals surface area contributed by atoms with Crippen LogP contribution in [0, 0.1) is 12.3 Å². The van der Waals surface area contributed by atoms with Gasteiger partial charge in [-0.3, -0.25) is 0 Å². The third-order valence-electron chi connectivity index (χ3n) is 5.97. The molecule has 1 atom stereocenters. The fourth-order valence-corrected chi connectivity index (χ4v) is 4.17. The number of fused-ring (bicyclic) bond motifs is 1. The van der Waals surface area contributed by atoms with Gasteiger partial charge in [0.05, 0.1) is 24.6 Å². The summed E-state index contributed by atoms with van der Waals surface area (Å²) in [6, 6.07) is 10.1. The average Bonchev–Trinajstić information content (AvgIpc) is 2.95. The second-order valence-corrected chi connectivity index (χ2v) is 11.9. The van der Waals surface area contributed by atoms with E-state index in [1.54, 1.807) is 92.2 Å². The lowest BCUT2D eigenvalue weighted by molar-refractivity contribution is 0.0402. The van der Waals surface area contributed by atoms with Gasteiger partial charge in [-0.25, -0.2) is 24.4 Å². The summed E-state index contributed by atoms with van der Waals surface area (Å²) in [5.74, 6) is 3.33. The SMILES string of the molecule is C#Cc1cccc(N(C(=O)OC(C)(C)C)C2=NC(OC)N(C(=O)OC(C)(C)C)c3cc(OCCOC)c(OCCOC)cc32)c1. The Morgan fingerprint density at radius 1 is 0.889 bits per heavy atom. The predicted octanol–water partition coefficient (Wildman–Crippen LogP) is 5.59. The molecular formula is C33H43N3O9. The number of amidine groups is 1. The number of carbonyl (C=O) groups excluding carboxylic acids is 2. The smallest absolute Gasteiger partial charge is 0.420 e. The van der Waals surface area contributed by atoms with Crippen LogP contribution in [-0.4, -0.2) is 83.3 Å². The minimum atomic E-state index is -1.24. The molecule has 1 aliphatic rings. The first-order valence-electron chi connectivity index (χ1n) is 14.4. The van der Waals surface area contributed by atoms with Crippen molar-refractivity contribution < 1.29 is 42.7 Å². The lowest BCUT2D eigenvalue weighted by Gasteiger charge is -2.38. The van der Waals surface area contributed by atoms with Crippen LogP contribution in [0.25, 0.3) is 0 Å². The summed E-state index contributed by atoms with van der Waals surface area (Å²) in [6.45, 7) is 11.5. The van der Waals surface area contributed by atoms with Crippen molar-refractivity contribution in [3.8, 4) is 23.8 Å². The molecule has 12 heteroatoms. The molecule has 3 rings (SSSR count). The molecule has 0 aliphatic carbocycles. The molecular weight excluding hydrogens is 582 g/mol. The van der Waals surface area contributed by atoms with E-state index >= 15 is 0 Å². The molecule has 0 spiro atoms. The summed E-state index contributed by atoms with van der Waals surface area (Å²) in [5.41, 5.74) is -0.159. The van der Waals surface area contributed by atoms with E-state index in [1.807, 2.05) is 0 Å². The topological polar surface area (TPSA) is 118 Å². The van der Waals surface area contributed by atoms with Crippen LogP contribution in [0.2, 0.25) is 0 Å². The largest absolute Gasteiger partial charge is 0.487 e. The highest BCUT2D eigenvalue weighted by Gasteiger charge is 2.41. The van der Waals surface area contributed by atoms with Gasteiger partial charge in [0.1, 0.15) is 24.4 Å². The van der Waals surface area contributed by atoms with Crippen LogP contribution in [0.15, 0.2) is 41.4 Å². The molecule has 0 fully saturated rings. The molecule has 0 saturated carbocycles. The third kappa shape index (κ3) is 9.34. The number of anilines is 2. The highest BCUT2D eigenvalue weighted by Crippen LogP contribution is 2.41. The fraction of sp³-hybridized carbons (Fsp3) is 0.485. The van der Waals surface area contributed by atoms with E-state index in [9.17, 15) is 9.59 Å². The molecule has 1 unspecified atom stereocenters. The van der Waals surface area contributed by atoms with Crippen molar-refractivity contribution >= 4 is 29.4 Å². The molecule has 2 amide bonds. The van der Waals surface area contributed by atoms with Crippen molar-refractivity contribution in [3.63, 3.8) is 0 Å². The monoisotopic (exact) mass is 625 g/mol. The second kappa shape index (κ2) is 15.1. The van der Waals surface area contributed by atoms with Crippen molar-refractivity contribution in [3.05, 3.63) is 47.5 Å². The number of benzene rings is 2. The molecule has 45 heavy (non-hydrogen) atoms. The first-order chi connectivity index (χ1) is 21.2. The molecule has 1 heterocycles. The van der Waals surface area contributed by atoms with Crippen LogP contribution < -0.4 is 19.3 Å². The van der Waals surface area contributed by atoms with Gasteiger partial charge in [0.15, 0.2) is 17.3 Å². The van der Waals surface area contributed by atoms with Crippen molar-refractivity contribution in [1.82, 2.24) is 0 Å². The molecule has 0 aromatic heterocycles. The summed E-state index contributed by atoms with van der Waals surface area (Å²) in [4.78, 5) is 34.9. The predicted molar refractivity (Wildman–Crippen MR) is 170 cm³/mol. The Morgan fingerprint density at radius 2 is 1.49 bits per heavy atom. The number of rotatable bonds is 10. The number of hydrogen-bond donors (Lipinski definition) is 0. The number of carbonyl (C=O) groups is 2. The molecule has 244 valence electrons. The maximum Gasteiger partial charge on any atom is 0.420 e. The Balaban J connectivity index is 2.35. The Hall–Kier alpha value is -4.31. The van der Waals surface area contributed by atoms with Gasteiger partial charge in [-0.15, -0.1) is 6.42 Å². The number of terminal acetylenes is 1. The quantitative estimate of drug-likeness (QED) is 0.246. The fourth-order valence-electron chi connectivity index (χ4n) is 4.17. The van der Waals surface area contributed by atoms with Gasteiger partial charge in [-0.2, -0.15) is 0 Å². The Morgan fingerprint density at radius 3 is 2.02 bits per heavy atom. The van der Waals surface area contributed by atoms with Crippen molar-refractivity contribution in [2.24, 2.45) is 4.99 Å². The number of hydrogen-bond acceptors (Lipinski definition) is 10. The Bertz CT molecular complexity index is 1420. The van der Waals surface area contributed by atoms with Crippen LogP contribution >= 0.6 is 0 Å². The normalized spacial score (nSPS) is 14.5. The van der Waals surface area contributed by atoms with Crippen LogP contribution in [0.5, 0.6) is 11.5 Å². The lowest BCUT2D eigenvalue weighted by Crippen LogP contribution is -2.50. The zero-order valence-electron chi connectivity index (χ0n) is 27.5. The summed E-state index contributed by atoms with van der Waals surface area (Å²) < 4.78 is 39.7. The Labute approximate surface area is 265 Å². The molecule has 0 radical (unpaired) electrons. The summed E-state index contributed by atoms with van der Waals surface area (Å²) in [6.07, 6.45) is 3.00. The van der Waals surface area contributed by atoms with Gasteiger partial charge in [0.25, 0.3) is 0 Å². The van der Waals surface area contributed by atoms with Crippen LogP contribution in [0.1, 0.15) is 52.7 Å². The molecule has 2 aromatic rings. The van der Waals surface area contributed by atoms with Gasteiger partial charge in [0, 0.05) is 38.5 Å². The van der Waals surface area contributed by atoms with Crippen molar-refractivity contribution in [1.29, 1.82) is 0 Å². The minimum absolute atomic E-state index is 0.111. The van der Waals surface area contributed by atoms with Gasteiger partial charge in [-0.1, -0.05) is 12.0 Å². The molecule has 0 saturated heterocycles. The van der Waals surface area contributed by atoms with Gasteiger partial charge < -0.3 is 33.2 Å². The van der Waals surface area contributed by atoms with E-state index in [2.05, 4.69) is 5.92 Å². The second-order valence-electron chi connectivity index (χ2n) is 11.9. The maximum absolute atomic E-state index is 13.9. The molecule has 1 aliphatic heterocycles. The van der Waals surface area contributed by atoms with E-state index < -0.39 is 29.7 Å². The van der Waals surface area contributed by atoms with Crippen LogP contribution in [0.3, 0.4) is 0 Å². The number of methoxy groups -OCH3 is 3. The Kier molecular flexibility index (Phi) is 11.8. The summed E-state index contributed by atoms with van der Waals surface area (Å²) in [7, 11) is 4.51. The van der Waals surface area contributed by atoms with E-state index in [0.29, 0.717) is 41.5 Å². The zero-order chi connectivity index (χ0) is 33.4. The third-order valence-corrected chi connectivity index (χ3v) is 5.97. The molecule has 0 N–H and O–H groups in total. The zero-order valence-corrected chi connectivity index (χ0v) is 27.5. The highest BCUT2D eigenvalue weighted by atomic mass is 16.6. The standard InChI is InChI=1S/C33H43N3O9/c1-11-22-13-12-14-23(19-22)35(30(37)44-32(2,3)4)28-24-20-26(42-17-15-39-8)27(43-18-16-40-9)21-25(24)36(29(34-28)41-10)31(38)45-33(5,6)7/h1,12-14,19-21,29H,15-18H2,2-10H3. The minimum Gasteiger partial charge on any atom is -0.487 e. The molecule has 12 nitrogen and oxygen atoms in total. The number of aliphatic imine (C=N–C) groups is 1. The van der Waals surface area contributed by atoms with Gasteiger partial charge in [0.2, 0.25) is 6.35 Å². The van der Waals surface area contributed by atoms with E-state index in [1.165, 1.54) is 16.9 Å².